The second-order valence-corrected chi connectivity index (χ2v) is 3.93. The number of ether oxygens (including phenoxy) is 1. The van der Waals surface area contributed by atoms with Crippen LogP contribution in [-0.2, 0) is 9.53 Å². The maximum Gasteiger partial charge on any atom is 0.306 e. The molecular formula is C11H20N2O2. The summed E-state index contributed by atoms with van der Waals surface area (Å²) in [6.45, 7) is 6.56. The van der Waals surface area contributed by atoms with Gasteiger partial charge in [-0.25, -0.2) is 0 Å². The van der Waals surface area contributed by atoms with E-state index in [0.717, 1.165) is 13.1 Å². The van der Waals surface area contributed by atoms with Gasteiger partial charge >= 0.3 is 5.97 Å². The van der Waals surface area contributed by atoms with Gasteiger partial charge in [-0.15, -0.1) is 0 Å². The van der Waals surface area contributed by atoms with Crippen LogP contribution in [0.1, 0.15) is 26.7 Å². The minimum atomic E-state index is -0.194. The average molecular weight is 212 g/mol. The lowest BCUT2D eigenvalue weighted by atomic mass is 10.2. The quantitative estimate of drug-likeness (QED) is 0.599. The summed E-state index contributed by atoms with van der Waals surface area (Å²) in [4.78, 5) is 13.1. The molecule has 0 saturated heterocycles. The summed E-state index contributed by atoms with van der Waals surface area (Å²) in [5, 5.41) is 8.50. The first-order valence-corrected chi connectivity index (χ1v) is 5.26. The SMILES string of the molecule is COC(=O)CCN(CCC#N)CC(C)C. The minimum absolute atomic E-state index is 0.194. The van der Waals surface area contributed by atoms with Crippen molar-refractivity contribution in [3.8, 4) is 6.07 Å². The van der Waals surface area contributed by atoms with Crippen molar-refractivity contribution in [2.45, 2.75) is 26.7 Å². The second kappa shape index (κ2) is 8.25. The van der Waals surface area contributed by atoms with E-state index in [1.807, 2.05) is 0 Å². The average Bonchev–Trinajstić information content (AvgIpc) is 2.20. The lowest BCUT2D eigenvalue weighted by molar-refractivity contribution is -0.141. The van der Waals surface area contributed by atoms with E-state index in [9.17, 15) is 4.79 Å². The van der Waals surface area contributed by atoms with E-state index < -0.39 is 0 Å². The van der Waals surface area contributed by atoms with E-state index in [-0.39, 0.29) is 5.97 Å². The van der Waals surface area contributed by atoms with Crippen LogP contribution >= 0.6 is 0 Å². The Labute approximate surface area is 91.8 Å². The minimum Gasteiger partial charge on any atom is -0.469 e. The summed E-state index contributed by atoms with van der Waals surface area (Å²) in [6, 6.07) is 2.12. The molecule has 0 aliphatic carbocycles. The normalized spacial score (nSPS) is 10.4. The van der Waals surface area contributed by atoms with E-state index in [1.54, 1.807) is 0 Å². The summed E-state index contributed by atoms with van der Waals surface area (Å²) in [5.41, 5.74) is 0. The van der Waals surface area contributed by atoms with Crippen molar-refractivity contribution in [3.05, 3.63) is 0 Å². The molecule has 15 heavy (non-hydrogen) atoms. The molecule has 0 aliphatic heterocycles. The molecule has 4 heteroatoms. The zero-order valence-corrected chi connectivity index (χ0v) is 9.82. The molecule has 0 aromatic heterocycles. The first kappa shape index (κ1) is 13.9. The lowest BCUT2D eigenvalue weighted by Gasteiger charge is -2.22. The standard InChI is InChI=1S/C11H20N2O2/c1-10(2)9-13(7-4-6-12)8-5-11(14)15-3/h10H,4-5,7-9H2,1-3H3. The number of nitrogens with zero attached hydrogens (tertiary/aromatic N) is 2. The number of nitriles is 1. The van der Waals surface area contributed by atoms with Gasteiger partial charge in [0.05, 0.1) is 19.6 Å². The highest BCUT2D eigenvalue weighted by Gasteiger charge is 2.09. The molecule has 0 fully saturated rings. The first-order valence-electron chi connectivity index (χ1n) is 5.26. The van der Waals surface area contributed by atoms with Crippen molar-refractivity contribution in [3.63, 3.8) is 0 Å². The van der Waals surface area contributed by atoms with Crippen LogP contribution in [0.5, 0.6) is 0 Å². The number of methoxy groups -OCH3 is 1. The number of carbonyl (C=O) groups is 1. The topological polar surface area (TPSA) is 53.3 Å². The number of esters is 1. The molecule has 0 aliphatic rings. The summed E-state index contributed by atoms with van der Waals surface area (Å²) in [7, 11) is 1.39. The Morgan fingerprint density at radius 3 is 2.60 bits per heavy atom. The molecule has 0 radical (unpaired) electrons. The van der Waals surface area contributed by atoms with Crippen molar-refractivity contribution >= 4 is 5.97 Å². The van der Waals surface area contributed by atoms with Crippen molar-refractivity contribution in [1.82, 2.24) is 4.90 Å². The summed E-state index contributed by atoms with van der Waals surface area (Å²) < 4.78 is 4.58. The summed E-state index contributed by atoms with van der Waals surface area (Å²) in [6.07, 6.45) is 0.905. The second-order valence-electron chi connectivity index (χ2n) is 3.93. The molecule has 0 saturated carbocycles. The molecule has 0 atom stereocenters. The highest BCUT2D eigenvalue weighted by Crippen LogP contribution is 2.01. The van der Waals surface area contributed by atoms with Gasteiger partial charge in [0.1, 0.15) is 0 Å². The van der Waals surface area contributed by atoms with Crippen molar-refractivity contribution in [2.75, 3.05) is 26.7 Å². The highest BCUT2D eigenvalue weighted by atomic mass is 16.5. The molecule has 0 rings (SSSR count). The fourth-order valence-electron chi connectivity index (χ4n) is 1.37. The molecule has 0 N–H and O–H groups in total. The molecule has 0 unspecified atom stereocenters. The van der Waals surface area contributed by atoms with Crippen LogP contribution in [0.4, 0.5) is 0 Å². The molecule has 4 nitrogen and oxygen atoms in total. The Balaban J connectivity index is 3.90. The van der Waals surface area contributed by atoms with Gasteiger partial charge in [0.2, 0.25) is 0 Å². The van der Waals surface area contributed by atoms with E-state index >= 15 is 0 Å². The van der Waals surface area contributed by atoms with Gasteiger partial charge in [-0.05, 0) is 5.92 Å². The van der Waals surface area contributed by atoms with Crippen LogP contribution in [0.15, 0.2) is 0 Å². The van der Waals surface area contributed by atoms with Crippen molar-refractivity contribution in [2.24, 2.45) is 5.92 Å². The third-order valence-electron chi connectivity index (χ3n) is 2.02. The molecule has 0 heterocycles. The molecule has 0 amide bonds. The summed E-state index contributed by atoms with van der Waals surface area (Å²) in [5.74, 6) is 0.349. The van der Waals surface area contributed by atoms with Crippen LogP contribution in [-0.4, -0.2) is 37.6 Å². The van der Waals surface area contributed by atoms with Crippen LogP contribution in [0.3, 0.4) is 0 Å². The maximum atomic E-state index is 11.0. The van der Waals surface area contributed by atoms with Gasteiger partial charge < -0.3 is 9.64 Å². The van der Waals surface area contributed by atoms with Gasteiger partial charge in [-0.1, -0.05) is 13.8 Å². The van der Waals surface area contributed by atoms with E-state index in [4.69, 9.17) is 5.26 Å². The predicted molar refractivity (Wildman–Crippen MR) is 58.1 cm³/mol. The fourth-order valence-corrected chi connectivity index (χ4v) is 1.37. The smallest absolute Gasteiger partial charge is 0.306 e. The van der Waals surface area contributed by atoms with Gasteiger partial charge in [-0.3, -0.25) is 4.79 Å². The Hall–Kier alpha value is -1.08. The zero-order valence-electron chi connectivity index (χ0n) is 9.82. The first-order chi connectivity index (χ1) is 7.10. The third-order valence-corrected chi connectivity index (χ3v) is 2.02. The number of rotatable bonds is 7. The summed E-state index contributed by atoms with van der Waals surface area (Å²) >= 11 is 0. The van der Waals surface area contributed by atoms with E-state index in [0.29, 0.717) is 25.3 Å². The Morgan fingerprint density at radius 1 is 1.47 bits per heavy atom. The van der Waals surface area contributed by atoms with Crippen LogP contribution in [0.25, 0.3) is 0 Å². The molecular weight excluding hydrogens is 192 g/mol. The molecule has 0 aromatic carbocycles. The van der Waals surface area contributed by atoms with Crippen molar-refractivity contribution in [1.29, 1.82) is 5.26 Å². The highest BCUT2D eigenvalue weighted by molar-refractivity contribution is 5.69. The monoisotopic (exact) mass is 212 g/mol. The fraction of sp³-hybridized carbons (Fsp3) is 0.818. The molecule has 0 spiro atoms. The maximum absolute atomic E-state index is 11.0. The Bertz CT molecular complexity index is 221. The van der Waals surface area contributed by atoms with Crippen LogP contribution in [0, 0.1) is 17.2 Å². The predicted octanol–water partition coefficient (Wildman–Crippen LogP) is 1.42. The van der Waals surface area contributed by atoms with Gasteiger partial charge in [0.25, 0.3) is 0 Å². The lowest BCUT2D eigenvalue weighted by Crippen LogP contribution is -2.31. The van der Waals surface area contributed by atoms with Gasteiger partial charge in [-0.2, -0.15) is 5.26 Å². The molecule has 86 valence electrons. The van der Waals surface area contributed by atoms with E-state index in [2.05, 4.69) is 29.6 Å². The zero-order chi connectivity index (χ0) is 11.7. The van der Waals surface area contributed by atoms with Crippen LogP contribution in [0.2, 0.25) is 0 Å². The number of carbonyl (C=O) groups excluding carboxylic acids is 1. The van der Waals surface area contributed by atoms with Gasteiger partial charge in [0, 0.05) is 26.1 Å². The van der Waals surface area contributed by atoms with Crippen LogP contribution < -0.4 is 0 Å². The Kier molecular flexibility index (Phi) is 7.65. The number of hydrogen-bond donors (Lipinski definition) is 0. The third kappa shape index (κ3) is 7.95. The van der Waals surface area contributed by atoms with E-state index in [1.165, 1.54) is 7.11 Å². The molecule has 0 aromatic rings. The Morgan fingerprint density at radius 2 is 2.13 bits per heavy atom. The van der Waals surface area contributed by atoms with Gasteiger partial charge in [0.15, 0.2) is 0 Å². The number of hydrogen-bond acceptors (Lipinski definition) is 4. The van der Waals surface area contributed by atoms with Crippen molar-refractivity contribution < 1.29 is 9.53 Å². The largest absolute Gasteiger partial charge is 0.469 e. The molecule has 0 bridgehead atoms.